The lowest BCUT2D eigenvalue weighted by Crippen LogP contribution is -2.23. The highest BCUT2D eigenvalue weighted by Gasteiger charge is 2.15. The monoisotopic (exact) mass is 242 g/mol. The van der Waals surface area contributed by atoms with Crippen LogP contribution in [0.4, 0.5) is 0 Å². The normalized spacial score (nSPS) is 11.7. The van der Waals surface area contributed by atoms with Crippen molar-refractivity contribution in [3.05, 3.63) is 48.0 Å². The number of carbonyl (C=O) groups excluding carboxylic acids is 1. The number of ether oxygens (including phenoxy) is 1. The second kappa shape index (κ2) is 4.91. The van der Waals surface area contributed by atoms with Gasteiger partial charge in [0.2, 0.25) is 0 Å². The third-order valence-corrected chi connectivity index (χ3v) is 2.73. The molecule has 0 unspecified atom stereocenters. The van der Waals surface area contributed by atoms with Crippen molar-refractivity contribution in [3.63, 3.8) is 0 Å². The van der Waals surface area contributed by atoms with Crippen LogP contribution in [0.3, 0.4) is 0 Å². The molecule has 18 heavy (non-hydrogen) atoms. The van der Waals surface area contributed by atoms with Crippen LogP contribution in [-0.4, -0.2) is 18.0 Å². The van der Waals surface area contributed by atoms with E-state index < -0.39 is 0 Å². The van der Waals surface area contributed by atoms with Crippen molar-refractivity contribution in [2.24, 2.45) is 0 Å². The summed E-state index contributed by atoms with van der Waals surface area (Å²) in [7, 11) is 0. The number of Topliss-reactive ketones (excluding diaryl/α,β-unsaturated/α-hetero) is 1. The Balaban J connectivity index is 2.28. The van der Waals surface area contributed by atoms with Gasteiger partial charge in [0.1, 0.15) is 6.61 Å². The number of hydrogen-bond donors (Lipinski definition) is 0. The molecule has 2 heteroatoms. The van der Waals surface area contributed by atoms with E-state index in [4.69, 9.17) is 4.74 Å². The average Bonchev–Trinajstić information content (AvgIpc) is 2.34. The molecule has 0 spiro atoms. The standard InChI is InChI=1S/C16H18O2/c1-16(2,3)18-11-15(17)14-10-6-8-12-7-4-5-9-13(12)14/h4-10H,11H2,1-3H3. The minimum absolute atomic E-state index is 0.0294. The predicted molar refractivity (Wildman–Crippen MR) is 74.0 cm³/mol. The van der Waals surface area contributed by atoms with Crippen LogP contribution in [0.5, 0.6) is 0 Å². The van der Waals surface area contributed by atoms with Crippen LogP contribution in [0.15, 0.2) is 42.5 Å². The van der Waals surface area contributed by atoms with Gasteiger partial charge in [0.05, 0.1) is 5.60 Å². The average molecular weight is 242 g/mol. The van der Waals surface area contributed by atoms with Crippen LogP contribution in [0.1, 0.15) is 31.1 Å². The SMILES string of the molecule is CC(C)(C)OCC(=O)c1cccc2ccccc12. The van der Waals surface area contributed by atoms with Crippen LogP contribution in [-0.2, 0) is 4.74 Å². The van der Waals surface area contributed by atoms with Gasteiger partial charge in [-0.05, 0) is 31.5 Å². The molecule has 0 aromatic heterocycles. The van der Waals surface area contributed by atoms with E-state index >= 15 is 0 Å². The molecular weight excluding hydrogens is 224 g/mol. The number of hydrogen-bond acceptors (Lipinski definition) is 2. The zero-order valence-corrected chi connectivity index (χ0v) is 11.1. The first-order valence-corrected chi connectivity index (χ1v) is 6.12. The number of ketones is 1. The van der Waals surface area contributed by atoms with Gasteiger partial charge in [0.25, 0.3) is 0 Å². The molecule has 0 saturated heterocycles. The molecule has 0 N–H and O–H groups in total. The molecule has 2 nitrogen and oxygen atoms in total. The fraction of sp³-hybridized carbons (Fsp3) is 0.312. The Morgan fingerprint density at radius 3 is 2.44 bits per heavy atom. The minimum Gasteiger partial charge on any atom is -0.368 e. The Labute approximate surface area is 108 Å². The van der Waals surface area contributed by atoms with Gasteiger partial charge in [-0.3, -0.25) is 4.79 Å². The van der Waals surface area contributed by atoms with Gasteiger partial charge in [-0.15, -0.1) is 0 Å². The van der Waals surface area contributed by atoms with Crippen molar-refractivity contribution < 1.29 is 9.53 Å². The molecule has 2 aromatic rings. The van der Waals surface area contributed by atoms with Gasteiger partial charge in [0.15, 0.2) is 5.78 Å². The number of fused-ring (bicyclic) bond motifs is 1. The number of benzene rings is 2. The van der Waals surface area contributed by atoms with Gasteiger partial charge in [0, 0.05) is 5.56 Å². The van der Waals surface area contributed by atoms with Gasteiger partial charge >= 0.3 is 0 Å². The highest BCUT2D eigenvalue weighted by Crippen LogP contribution is 2.19. The van der Waals surface area contributed by atoms with E-state index in [0.29, 0.717) is 0 Å². The summed E-state index contributed by atoms with van der Waals surface area (Å²) < 4.78 is 5.54. The Morgan fingerprint density at radius 1 is 1.06 bits per heavy atom. The van der Waals surface area contributed by atoms with E-state index in [1.165, 1.54) is 0 Å². The number of rotatable bonds is 3. The third kappa shape index (κ3) is 2.96. The molecule has 2 aromatic carbocycles. The highest BCUT2D eigenvalue weighted by atomic mass is 16.5. The molecule has 0 radical (unpaired) electrons. The van der Waals surface area contributed by atoms with Crippen molar-refractivity contribution >= 4 is 16.6 Å². The van der Waals surface area contributed by atoms with Gasteiger partial charge in [-0.2, -0.15) is 0 Å². The molecule has 0 saturated carbocycles. The largest absolute Gasteiger partial charge is 0.368 e. The van der Waals surface area contributed by atoms with Crippen LogP contribution in [0.25, 0.3) is 10.8 Å². The van der Waals surface area contributed by atoms with Crippen molar-refractivity contribution in [1.82, 2.24) is 0 Å². The van der Waals surface area contributed by atoms with Gasteiger partial charge in [-0.25, -0.2) is 0 Å². The maximum atomic E-state index is 12.2. The van der Waals surface area contributed by atoms with E-state index in [2.05, 4.69) is 0 Å². The Hall–Kier alpha value is -1.67. The fourth-order valence-electron chi connectivity index (χ4n) is 1.83. The molecule has 0 aliphatic carbocycles. The Morgan fingerprint density at radius 2 is 1.72 bits per heavy atom. The highest BCUT2D eigenvalue weighted by molar-refractivity contribution is 6.08. The fourth-order valence-corrected chi connectivity index (χ4v) is 1.83. The summed E-state index contributed by atoms with van der Waals surface area (Å²) >= 11 is 0. The smallest absolute Gasteiger partial charge is 0.189 e. The lowest BCUT2D eigenvalue weighted by Gasteiger charge is -2.19. The second-order valence-corrected chi connectivity index (χ2v) is 5.35. The van der Waals surface area contributed by atoms with Crippen molar-refractivity contribution in [2.75, 3.05) is 6.61 Å². The lowest BCUT2D eigenvalue weighted by atomic mass is 10.0. The summed E-state index contributed by atoms with van der Waals surface area (Å²) in [5, 5.41) is 2.07. The molecule has 2 rings (SSSR count). The van der Waals surface area contributed by atoms with Crippen LogP contribution in [0.2, 0.25) is 0 Å². The summed E-state index contributed by atoms with van der Waals surface area (Å²) in [6.07, 6.45) is 0. The van der Waals surface area contributed by atoms with Crippen molar-refractivity contribution in [1.29, 1.82) is 0 Å². The molecule has 0 fully saturated rings. The number of carbonyl (C=O) groups is 1. The maximum absolute atomic E-state index is 12.2. The van der Waals surface area contributed by atoms with Gasteiger partial charge < -0.3 is 4.74 Å². The Kier molecular flexibility index (Phi) is 3.48. The first-order valence-electron chi connectivity index (χ1n) is 6.12. The molecule has 94 valence electrons. The zero-order chi connectivity index (χ0) is 13.2. The summed E-state index contributed by atoms with van der Waals surface area (Å²) in [6.45, 7) is 5.97. The molecule has 0 heterocycles. The van der Waals surface area contributed by atoms with E-state index in [1.807, 2.05) is 63.2 Å². The summed E-state index contributed by atoms with van der Waals surface area (Å²) in [6, 6.07) is 13.7. The minimum atomic E-state index is -0.291. The van der Waals surface area contributed by atoms with Crippen LogP contribution >= 0.6 is 0 Å². The second-order valence-electron chi connectivity index (χ2n) is 5.35. The lowest BCUT2D eigenvalue weighted by molar-refractivity contribution is 0.00313. The third-order valence-electron chi connectivity index (χ3n) is 2.73. The maximum Gasteiger partial charge on any atom is 0.189 e. The van der Waals surface area contributed by atoms with E-state index in [-0.39, 0.29) is 18.0 Å². The summed E-state index contributed by atoms with van der Waals surface area (Å²) in [5.41, 5.74) is 0.442. The first kappa shape index (κ1) is 12.8. The molecule has 0 bridgehead atoms. The molecule has 0 aliphatic rings. The van der Waals surface area contributed by atoms with E-state index in [9.17, 15) is 4.79 Å². The molecule has 0 atom stereocenters. The van der Waals surface area contributed by atoms with Gasteiger partial charge in [-0.1, -0.05) is 42.5 Å². The van der Waals surface area contributed by atoms with E-state index in [0.717, 1.165) is 16.3 Å². The molecule has 0 aliphatic heterocycles. The van der Waals surface area contributed by atoms with E-state index in [1.54, 1.807) is 0 Å². The Bertz CT molecular complexity index is 559. The predicted octanol–water partition coefficient (Wildman–Crippen LogP) is 3.84. The molecular formula is C16H18O2. The quantitative estimate of drug-likeness (QED) is 0.764. The summed E-state index contributed by atoms with van der Waals surface area (Å²) in [5.74, 6) is 0.0294. The van der Waals surface area contributed by atoms with Crippen molar-refractivity contribution in [2.45, 2.75) is 26.4 Å². The molecule has 0 amide bonds. The van der Waals surface area contributed by atoms with Crippen LogP contribution < -0.4 is 0 Å². The summed E-state index contributed by atoms with van der Waals surface area (Å²) in [4.78, 5) is 12.2. The van der Waals surface area contributed by atoms with Crippen LogP contribution in [0, 0.1) is 0 Å². The zero-order valence-electron chi connectivity index (χ0n) is 11.1. The van der Waals surface area contributed by atoms with Crippen molar-refractivity contribution in [3.8, 4) is 0 Å². The topological polar surface area (TPSA) is 26.3 Å². The first-order chi connectivity index (χ1) is 8.47.